The van der Waals surface area contributed by atoms with E-state index in [2.05, 4.69) is 64.8 Å². The maximum absolute atomic E-state index is 2.68. The third kappa shape index (κ3) is 3.27. The van der Waals surface area contributed by atoms with Crippen LogP contribution in [0.2, 0.25) is 0 Å². The van der Waals surface area contributed by atoms with Crippen molar-refractivity contribution in [2.75, 3.05) is 43.6 Å². The normalized spacial score (nSPS) is 28.1. The van der Waals surface area contributed by atoms with Crippen molar-refractivity contribution in [1.82, 2.24) is 4.90 Å². The van der Waals surface area contributed by atoms with Gasteiger partial charge in [0, 0.05) is 29.7 Å². The first-order chi connectivity index (χ1) is 13.6. The van der Waals surface area contributed by atoms with Crippen LogP contribution in [-0.2, 0) is 0 Å². The van der Waals surface area contributed by atoms with Gasteiger partial charge in [-0.05, 0) is 92.0 Å². The average Bonchev–Trinajstić information content (AvgIpc) is 2.75. The van der Waals surface area contributed by atoms with Gasteiger partial charge in [0.15, 0.2) is 0 Å². The topological polar surface area (TPSA) is 6.48 Å². The highest BCUT2D eigenvalue weighted by atomic mass is 32.3. The molecule has 2 saturated heterocycles. The Labute approximate surface area is 172 Å². The summed E-state index contributed by atoms with van der Waals surface area (Å²) < 4.78 is 0. The predicted molar refractivity (Wildman–Crippen MR) is 125 cm³/mol. The molecular weight excluding hydrogens is 360 g/mol. The van der Waals surface area contributed by atoms with E-state index in [0.717, 1.165) is 0 Å². The van der Waals surface area contributed by atoms with Gasteiger partial charge in [0.1, 0.15) is 0 Å². The molecule has 1 aromatic carbocycles. The van der Waals surface area contributed by atoms with Gasteiger partial charge in [0.2, 0.25) is 0 Å². The molecule has 0 bridgehead atoms. The second-order valence-corrected chi connectivity index (χ2v) is 12.7. The van der Waals surface area contributed by atoms with E-state index in [1.165, 1.54) is 81.5 Å². The second kappa shape index (κ2) is 7.42. The molecule has 1 unspecified atom stereocenters. The van der Waals surface area contributed by atoms with E-state index in [1.54, 1.807) is 9.80 Å². The molecule has 1 aromatic rings. The standard InChI is InChI=1S/C25H34N2S/c1-28(2)24-18-22(26-13-5-3-6-14-26)11-9-20(24)17-21-10-12-23(19-25(21)28)27-15-7-4-8-16-27/h9-12,17-19,22H,3-8,13-16H2,1-2H3. The molecule has 28 heavy (non-hydrogen) atoms. The van der Waals surface area contributed by atoms with E-state index >= 15 is 0 Å². The van der Waals surface area contributed by atoms with Crippen molar-refractivity contribution in [3.8, 4) is 0 Å². The molecule has 0 aromatic heterocycles. The molecule has 0 N–H and O–H groups in total. The van der Waals surface area contributed by atoms with Crippen molar-refractivity contribution in [3.63, 3.8) is 0 Å². The van der Waals surface area contributed by atoms with Gasteiger partial charge in [-0.25, -0.2) is 0 Å². The van der Waals surface area contributed by atoms with Crippen molar-refractivity contribution in [3.05, 3.63) is 52.5 Å². The van der Waals surface area contributed by atoms with E-state index in [9.17, 15) is 0 Å². The highest BCUT2D eigenvalue weighted by molar-refractivity contribution is 8.36. The second-order valence-electron chi connectivity index (χ2n) is 9.17. The lowest BCUT2D eigenvalue weighted by atomic mass is 9.99. The zero-order valence-electron chi connectivity index (χ0n) is 17.5. The van der Waals surface area contributed by atoms with Crippen LogP contribution in [0.25, 0.3) is 6.08 Å². The van der Waals surface area contributed by atoms with Gasteiger partial charge in [0.05, 0.1) is 0 Å². The van der Waals surface area contributed by atoms with Gasteiger partial charge in [0.25, 0.3) is 0 Å². The van der Waals surface area contributed by atoms with Gasteiger partial charge < -0.3 is 4.90 Å². The molecule has 5 rings (SSSR count). The molecule has 3 aliphatic heterocycles. The summed E-state index contributed by atoms with van der Waals surface area (Å²) in [6, 6.07) is 7.75. The molecule has 2 nitrogen and oxygen atoms in total. The summed E-state index contributed by atoms with van der Waals surface area (Å²) in [6.07, 6.45) is 23.1. The van der Waals surface area contributed by atoms with Crippen LogP contribution in [0.15, 0.2) is 51.8 Å². The number of hydrogen-bond donors (Lipinski definition) is 0. The summed E-state index contributed by atoms with van der Waals surface area (Å²) in [6.45, 7) is 4.95. The molecule has 150 valence electrons. The van der Waals surface area contributed by atoms with Crippen molar-refractivity contribution < 1.29 is 0 Å². The number of fused-ring (bicyclic) bond motifs is 2. The van der Waals surface area contributed by atoms with Crippen molar-refractivity contribution in [1.29, 1.82) is 0 Å². The number of benzene rings is 1. The molecular formula is C25H34N2S. The third-order valence-electron chi connectivity index (χ3n) is 7.02. The summed E-state index contributed by atoms with van der Waals surface area (Å²) in [7, 11) is -0.987. The molecule has 1 aliphatic carbocycles. The summed E-state index contributed by atoms with van der Waals surface area (Å²) in [5, 5.41) is 0. The minimum Gasteiger partial charge on any atom is -0.372 e. The summed E-state index contributed by atoms with van der Waals surface area (Å²) in [5.41, 5.74) is 4.33. The quantitative estimate of drug-likeness (QED) is 0.625. The van der Waals surface area contributed by atoms with E-state index in [0.29, 0.717) is 6.04 Å². The summed E-state index contributed by atoms with van der Waals surface area (Å²) in [4.78, 5) is 8.47. The summed E-state index contributed by atoms with van der Waals surface area (Å²) in [5.74, 6) is 0. The zero-order chi connectivity index (χ0) is 19.1. The van der Waals surface area contributed by atoms with Crippen LogP contribution >= 0.6 is 10.0 Å². The third-order valence-corrected chi connectivity index (χ3v) is 9.95. The van der Waals surface area contributed by atoms with E-state index in [1.807, 2.05) is 0 Å². The molecule has 0 spiro atoms. The van der Waals surface area contributed by atoms with Crippen molar-refractivity contribution in [2.24, 2.45) is 0 Å². The lowest BCUT2D eigenvalue weighted by Gasteiger charge is -2.44. The number of allylic oxidation sites excluding steroid dienone is 2. The Morgan fingerprint density at radius 3 is 2.36 bits per heavy atom. The number of anilines is 1. The largest absolute Gasteiger partial charge is 0.372 e. The van der Waals surface area contributed by atoms with Crippen LogP contribution in [0.4, 0.5) is 5.69 Å². The molecule has 1 atom stereocenters. The highest BCUT2D eigenvalue weighted by Crippen LogP contribution is 2.64. The molecule has 0 radical (unpaired) electrons. The summed E-state index contributed by atoms with van der Waals surface area (Å²) >= 11 is 0. The van der Waals surface area contributed by atoms with E-state index in [-0.39, 0.29) is 0 Å². The predicted octanol–water partition coefficient (Wildman–Crippen LogP) is 5.81. The maximum atomic E-state index is 2.68. The van der Waals surface area contributed by atoms with Gasteiger partial charge in [-0.1, -0.05) is 30.7 Å². The molecule has 3 heterocycles. The van der Waals surface area contributed by atoms with Crippen LogP contribution in [0, 0.1) is 0 Å². The smallest absolute Gasteiger partial charge is 0.0478 e. The van der Waals surface area contributed by atoms with Crippen LogP contribution in [-0.4, -0.2) is 49.6 Å². The fourth-order valence-corrected chi connectivity index (χ4v) is 7.90. The number of hydrogen-bond acceptors (Lipinski definition) is 2. The first-order valence-electron chi connectivity index (χ1n) is 11.1. The Morgan fingerprint density at radius 2 is 1.61 bits per heavy atom. The Morgan fingerprint density at radius 1 is 0.893 bits per heavy atom. The monoisotopic (exact) mass is 394 g/mol. The minimum atomic E-state index is -0.987. The van der Waals surface area contributed by atoms with Crippen LogP contribution in [0.3, 0.4) is 0 Å². The van der Waals surface area contributed by atoms with Crippen molar-refractivity contribution >= 4 is 21.8 Å². The fraction of sp³-hybridized carbons (Fsp3) is 0.520. The van der Waals surface area contributed by atoms with Crippen LogP contribution < -0.4 is 4.90 Å². The van der Waals surface area contributed by atoms with Crippen molar-refractivity contribution in [2.45, 2.75) is 49.5 Å². The number of rotatable bonds is 2. The lowest BCUT2D eigenvalue weighted by molar-refractivity contribution is 0.215. The van der Waals surface area contributed by atoms with Crippen LogP contribution in [0.1, 0.15) is 44.1 Å². The SMILES string of the molecule is CS1(C)C2=CC(N3CCCCC3)C=CC2=Cc2ccc(N3CCCCC3)cc21. The maximum Gasteiger partial charge on any atom is 0.0478 e. The Hall–Kier alpha value is -1.45. The number of likely N-dealkylation sites (tertiary alicyclic amines) is 1. The van der Waals surface area contributed by atoms with E-state index in [4.69, 9.17) is 0 Å². The van der Waals surface area contributed by atoms with E-state index < -0.39 is 10.0 Å². The number of nitrogens with zero attached hydrogens (tertiary/aromatic N) is 2. The van der Waals surface area contributed by atoms with Gasteiger partial charge in [-0.15, -0.1) is 0 Å². The Bertz CT molecular complexity index is 836. The van der Waals surface area contributed by atoms with Gasteiger partial charge in [-0.2, -0.15) is 10.0 Å². The molecule has 2 fully saturated rings. The molecule has 4 aliphatic rings. The fourth-order valence-electron chi connectivity index (χ4n) is 5.34. The zero-order valence-corrected chi connectivity index (χ0v) is 18.3. The Balaban J connectivity index is 1.50. The molecule has 3 heteroatoms. The van der Waals surface area contributed by atoms with Gasteiger partial charge in [-0.3, -0.25) is 4.90 Å². The first-order valence-corrected chi connectivity index (χ1v) is 13.6. The molecule has 0 amide bonds. The minimum absolute atomic E-state index is 0.492. The average molecular weight is 395 g/mol. The number of piperidine rings is 2. The van der Waals surface area contributed by atoms with Crippen LogP contribution in [0.5, 0.6) is 0 Å². The first kappa shape index (κ1) is 18.6. The Kier molecular flexibility index (Phi) is 4.92. The van der Waals surface area contributed by atoms with Gasteiger partial charge >= 0.3 is 0 Å². The molecule has 0 saturated carbocycles. The highest BCUT2D eigenvalue weighted by Gasteiger charge is 2.32. The lowest BCUT2D eigenvalue weighted by Crippen LogP contribution is -2.38.